The summed E-state index contributed by atoms with van der Waals surface area (Å²) in [5.74, 6) is 0.901. The normalized spacial score (nSPS) is 20.8. The van der Waals surface area contributed by atoms with Gasteiger partial charge in [0.15, 0.2) is 5.17 Å². The van der Waals surface area contributed by atoms with Crippen molar-refractivity contribution < 1.29 is 13.2 Å². The summed E-state index contributed by atoms with van der Waals surface area (Å²) in [5, 5.41) is 3.61. The topological polar surface area (TPSA) is 24.4 Å². The summed E-state index contributed by atoms with van der Waals surface area (Å²) in [7, 11) is 0. The van der Waals surface area contributed by atoms with Gasteiger partial charge in [-0.1, -0.05) is 43.1 Å². The fourth-order valence-electron chi connectivity index (χ4n) is 2.03. The molecule has 0 aliphatic carbocycles. The summed E-state index contributed by atoms with van der Waals surface area (Å²) in [5.41, 5.74) is -0.589. The van der Waals surface area contributed by atoms with Crippen molar-refractivity contribution >= 4 is 34.2 Å². The zero-order valence-electron chi connectivity index (χ0n) is 11.5. The van der Waals surface area contributed by atoms with Crippen molar-refractivity contribution in [2.75, 3.05) is 5.75 Å². The SMILES string of the molecule is CCCC[C@H]1CSC(=Nc2ccc(Cl)c(C(F)(F)F)c2)N1. The molecule has 0 saturated carbocycles. The zero-order chi connectivity index (χ0) is 15.5. The van der Waals surface area contributed by atoms with E-state index in [1.807, 2.05) is 0 Å². The van der Waals surface area contributed by atoms with E-state index in [2.05, 4.69) is 17.2 Å². The van der Waals surface area contributed by atoms with Crippen molar-refractivity contribution in [3.63, 3.8) is 0 Å². The second kappa shape index (κ2) is 6.92. The molecule has 7 heteroatoms. The van der Waals surface area contributed by atoms with Crippen molar-refractivity contribution in [1.82, 2.24) is 5.32 Å². The van der Waals surface area contributed by atoms with Crippen molar-refractivity contribution in [1.29, 1.82) is 0 Å². The van der Waals surface area contributed by atoms with E-state index in [4.69, 9.17) is 11.6 Å². The predicted molar refractivity (Wildman–Crippen MR) is 82.5 cm³/mol. The summed E-state index contributed by atoms with van der Waals surface area (Å²) < 4.78 is 38.4. The van der Waals surface area contributed by atoms with E-state index in [0.29, 0.717) is 11.2 Å². The Morgan fingerprint density at radius 3 is 2.86 bits per heavy atom. The molecule has 116 valence electrons. The smallest absolute Gasteiger partial charge is 0.361 e. The second-order valence-corrected chi connectivity index (χ2v) is 6.29. The average molecular weight is 337 g/mol. The lowest BCUT2D eigenvalue weighted by molar-refractivity contribution is -0.137. The fraction of sp³-hybridized carbons (Fsp3) is 0.500. The van der Waals surface area contributed by atoms with Crippen LogP contribution in [-0.4, -0.2) is 17.0 Å². The highest BCUT2D eigenvalue weighted by molar-refractivity contribution is 8.14. The van der Waals surface area contributed by atoms with E-state index in [1.54, 1.807) is 0 Å². The highest BCUT2D eigenvalue weighted by atomic mass is 35.5. The summed E-state index contributed by atoms with van der Waals surface area (Å²) in [6.07, 6.45) is -1.16. The maximum atomic E-state index is 12.8. The largest absolute Gasteiger partial charge is 0.417 e. The molecule has 1 fully saturated rings. The minimum Gasteiger partial charge on any atom is -0.361 e. The summed E-state index contributed by atoms with van der Waals surface area (Å²) >= 11 is 7.13. The number of nitrogens with one attached hydrogen (secondary N) is 1. The molecule has 0 aromatic heterocycles. The summed E-state index contributed by atoms with van der Waals surface area (Å²) in [6.45, 7) is 2.13. The molecule has 1 saturated heterocycles. The molecule has 21 heavy (non-hydrogen) atoms. The van der Waals surface area contributed by atoms with Gasteiger partial charge in [-0.15, -0.1) is 0 Å². The lowest BCUT2D eigenvalue weighted by atomic mass is 10.1. The van der Waals surface area contributed by atoms with Crippen LogP contribution in [0.1, 0.15) is 31.7 Å². The lowest BCUT2D eigenvalue weighted by Gasteiger charge is -2.10. The van der Waals surface area contributed by atoms with Gasteiger partial charge in [-0.2, -0.15) is 13.2 Å². The number of amidine groups is 1. The van der Waals surface area contributed by atoms with Crippen LogP contribution in [0.3, 0.4) is 0 Å². The second-order valence-electron chi connectivity index (χ2n) is 4.87. The third-order valence-electron chi connectivity index (χ3n) is 3.14. The van der Waals surface area contributed by atoms with Crippen molar-refractivity contribution in [3.05, 3.63) is 28.8 Å². The van der Waals surface area contributed by atoms with Crippen LogP contribution >= 0.6 is 23.4 Å². The van der Waals surface area contributed by atoms with Crippen LogP contribution in [0.2, 0.25) is 5.02 Å². The molecule has 1 aromatic carbocycles. The van der Waals surface area contributed by atoms with Crippen LogP contribution in [0.4, 0.5) is 18.9 Å². The first kappa shape index (κ1) is 16.5. The van der Waals surface area contributed by atoms with E-state index < -0.39 is 11.7 Å². The van der Waals surface area contributed by atoms with E-state index in [1.165, 1.54) is 23.9 Å². The zero-order valence-corrected chi connectivity index (χ0v) is 13.1. The molecule has 0 radical (unpaired) electrons. The van der Waals surface area contributed by atoms with Crippen LogP contribution in [0.25, 0.3) is 0 Å². The average Bonchev–Trinajstić information content (AvgIpc) is 2.85. The van der Waals surface area contributed by atoms with E-state index in [0.717, 1.165) is 31.1 Å². The first-order valence-corrected chi connectivity index (χ1v) is 8.11. The van der Waals surface area contributed by atoms with Crippen LogP contribution in [-0.2, 0) is 6.18 Å². The Morgan fingerprint density at radius 2 is 2.19 bits per heavy atom. The van der Waals surface area contributed by atoms with Gasteiger partial charge in [-0.05, 0) is 24.6 Å². The van der Waals surface area contributed by atoms with Gasteiger partial charge in [0.25, 0.3) is 0 Å². The number of aliphatic imine (C=N–C) groups is 1. The Hall–Kier alpha value is -0.880. The van der Waals surface area contributed by atoms with Gasteiger partial charge < -0.3 is 5.32 Å². The van der Waals surface area contributed by atoms with Gasteiger partial charge in [0, 0.05) is 11.8 Å². The first-order valence-electron chi connectivity index (χ1n) is 6.75. The van der Waals surface area contributed by atoms with E-state index in [-0.39, 0.29) is 10.7 Å². The Bertz CT molecular complexity index is 531. The Morgan fingerprint density at radius 1 is 1.43 bits per heavy atom. The molecule has 1 atom stereocenters. The number of halogens is 4. The van der Waals surface area contributed by atoms with Gasteiger partial charge >= 0.3 is 6.18 Å². The molecule has 0 amide bonds. The highest BCUT2D eigenvalue weighted by Gasteiger charge is 2.33. The molecule has 1 aliphatic heterocycles. The Kier molecular flexibility index (Phi) is 5.43. The number of rotatable bonds is 4. The van der Waals surface area contributed by atoms with Crippen LogP contribution in [0, 0.1) is 0 Å². The molecule has 0 bridgehead atoms. The minimum atomic E-state index is -4.47. The molecule has 1 heterocycles. The molecule has 0 unspecified atom stereocenters. The van der Waals surface area contributed by atoms with Crippen LogP contribution in [0.5, 0.6) is 0 Å². The highest BCUT2D eigenvalue weighted by Crippen LogP contribution is 2.37. The number of unbranched alkanes of at least 4 members (excludes halogenated alkanes) is 1. The number of nitrogens with zero attached hydrogens (tertiary/aromatic N) is 1. The van der Waals surface area contributed by atoms with E-state index in [9.17, 15) is 13.2 Å². The predicted octanol–water partition coefficient (Wildman–Crippen LogP) is 5.24. The Balaban J connectivity index is 2.12. The maximum absolute atomic E-state index is 12.8. The maximum Gasteiger partial charge on any atom is 0.417 e. The third kappa shape index (κ3) is 4.54. The van der Waals surface area contributed by atoms with Gasteiger partial charge in [0.1, 0.15) is 0 Å². The first-order chi connectivity index (χ1) is 9.90. The molecular formula is C14H16ClF3N2S. The fourth-order valence-corrected chi connectivity index (χ4v) is 3.28. The standard InChI is InChI=1S/C14H16ClF3N2S/c1-2-3-4-10-8-21-13(20-10)19-9-5-6-12(15)11(7-9)14(16,17)18/h5-7,10H,2-4,8H2,1H3,(H,19,20)/t10-/m0/s1. The minimum absolute atomic E-state index is 0.262. The number of benzene rings is 1. The lowest BCUT2D eigenvalue weighted by Crippen LogP contribution is -2.26. The number of thioether (sulfide) groups is 1. The van der Waals surface area contributed by atoms with Crippen LogP contribution < -0.4 is 5.32 Å². The number of hydrogen-bond donors (Lipinski definition) is 1. The van der Waals surface area contributed by atoms with Gasteiger partial charge in [-0.25, -0.2) is 4.99 Å². The molecule has 0 spiro atoms. The van der Waals surface area contributed by atoms with Crippen LogP contribution in [0.15, 0.2) is 23.2 Å². The van der Waals surface area contributed by atoms with Gasteiger partial charge in [-0.3, -0.25) is 0 Å². The van der Waals surface area contributed by atoms with E-state index >= 15 is 0 Å². The molecule has 2 rings (SSSR count). The molecule has 2 nitrogen and oxygen atoms in total. The number of alkyl halides is 3. The van der Waals surface area contributed by atoms with Crippen molar-refractivity contribution in [3.8, 4) is 0 Å². The summed E-state index contributed by atoms with van der Waals surface area (Å²) in [4.78, 5) is 4.24. The molecule has 1 N–H and O–H groups in total. The van der Waals surface area contributed by atoms with Gasteiger partial charge in [0.2, 0.25) is 0 Å². The van der Waals surface area contributed by atoms with Gasteiger partial charge in [0.05, 0.1) is 16.3 Å². The summed E-state index contributed by atoms with van der Waals surface area (Å²) in [6, 6.07) is 4.06. The van der Waals surface area contributed by atoms with Crippen molar-refractivity contribution in [2.24, 2.45) is 4.99 Å². The molecule has 1 aromatic rings. The quantitative estimate of drug-likeness (QED) is 0.813. The van der Waals surface area contributed by atoms with Crippen molar-refractivity contribution in [2.45, 2.75) is 38.4 Å². The third-order valence-corrected chi connectivity index (χ3v) is 4.52. The Labute approximate surface area is 131 Å². The molecule has 1 aliphatic rings. The number of hydrogen-bond acceptors (Lipinski definition) is 2. The monoisotopic (exact) mass is 336 g/mol. The molecular weight excluding hydrogens is 321 g/mol.